The van der Waals surface area contributed by atoms with Gasteiger partial charge in [0.2, 0.25) is 5.91 Å². The van der Waals surface area contributed by atoms with Crippen LogP contribution >= 0.6 is 0 Å². The van der Waals surface area contributed by atoms with Gasteiger partial charge < -0.3 is 10.8 Å². The third kappa shape index (κ3) is 7.37. The second-order valence-corrected chi connectivity index (χ2v) is 4.51. The summed E-state index contributed by atoms with van der Waals surface area (Å²) in [5.74, 6) is -0.617. The summed E-state index contributed by atoms with van der Waals surface area (Å²) in [4.78, 5) is 10.8. The van der Waals surface area contributed by atoms with Crippen LogP contribution in [-0.2, 0) is 4.79 Å². The van der Waals surface area contributed by atoms with E-state index < -0.39 is 11.5 Å². The molecule has 1 amide bonds. The lowest BCUT2D eigenvalue weighted by molar-refractivity contribution is -0.135. The second-order valence-electron chi connectivity index (χ2n) is 4.51. The SMILES string of the molecule is CCCCCCCCC[C@@](C)(O)C(N)=O. The Morgan fingerprint density at radius 3 is 2.07 bits per heavy atom. The lowest BCUT2D eigenvalue weighted by Gasteiger charge is -2.18. The first-order chi connectivity index (χ1) is 7.00. The van der Waals surface area contributed by atoms with Gasteiger partial charge in [0.05, 0.1) is 0 Å². The zero-order valence-corrected chi connectivity index (χ0v) is 10.1. The van der Waals surface area contributed by atoms with E-state index in [4.69, 9.17) is 5.73 Å². The van der Waals surface area contributed by atoms with Crippen LogP contribution < -0.4 is 5.73 Å². The first kappa shape index (κ1) is 14.4. The molecule has 0 fully saturated rings. The fraction of sp³-hybridized carbons (Fsp3) is 0.917. The molecule has 3 heteroatoms. The standard InChI is InChI=1S/C12H25NO2/c1-3-4-5-6-7-8-9-10-12(2,15)11(13)14/h15H,3-10H2,1-2H3,(H2,13,14)/t12-/m1/s1. The van der Waals surface area contributed by atoms with E-state index in [-0.39, 0.29) is 0 Å². The van der Waals surface area contributed by atoms with Gasteiger partial charge in [-0.3, -0.25) is 4.79 Å². The van der Waals surface area contributed by atoms with Gasteiger partial charge in [-0.1, -0.05) is 51.9 Å². The number of hydrogen-bond donors (Lipinski definition) is 2. The molecule has 0 aliphatic rings. The van der Waals surface area contributed by atoms with Gasteiger partial charge in [0, 0.05) is 0 Å². The van der Waals surface area contributed by atoms with E-state index in [1.54, 1.807) is 0 Å². The normalized spacial score (nSPS) is 14.9. The number of nitrogens with two attached hydrogens (primary N) is 1. The number of carbonyl (C=O) groups excluding carboxylic acids is 1. The molecule has 0 aromatic heterocycles. The number of carbonyl (C=O) groups is 1. The number of hydrogen-bond acceptors (Lipinski definition) is 2. The zero-order chi connectivity index (χ0) is 11.7. The van der Waals surface area contributed by atoms with Crippen LogP contribution in [0.15, 0.2) is 0 Å². The number of primary amides is 1. The van der Waals surface area contributed by atoms with Gasteiger partial charge in [0.15, 0.2) is 0 Å². The van der Waals surface area contributed by atoms with Crippen LogP contribution in [0.25, 0.3) is 0 Å². The van der Waals surface area contributed by atoms with Crippen molar-refractivity contribution >= 4 is 5.91 Å². The summed E-state index contributed by atoms with van der Waals surface area (Å²) < 4.78 is 0. The molecule has 90 valence electrons. The van der Waals surface area contributed by atoms with Gasteiger partial charge in [-0.25, -0.2) is 0 Å². The van der Waals surface area contributed by atoms with Gasteiger partial charge in [-0.15, -0.1) is 0 Å². The lowest BCUT2D eigenvalue weighted by atomic mass is 9.97. The van der Waals surface area contributed by atoms with E-state index >= 15 is 0 Å². The van der Waals surface area contributed by atoms with Crippen molar-refractivity contribution in [2.75, 3.05) is 0 Å². The van der Waals surface area contributed by atoms with E-state index in [0.717, 1.165) is 12.8 Å². The maximum Gasteiger partial charge on any atom is 0.249 e. The van der Waals surface area contributed by atoms with Crippen molar-refractivity contribution in [1.29, 1.82) is 0 Å². The molecule has 0 spiro atoms. The monoisotopic (exact) mass is 215 g/mol. The molecule has 0 aliphatic heterocycles. The van der Waals surface area contributed by atoms with Crippen LogP contribution in [-0.4, -0.2) is 16.6 Å². The van der Waals surface area contributed by atoms with Crippen molar-refractivity contribution in [1.82, 2.24) is 0 Å². The number of unbranched alkanes of at least 4 members (excludes halogenated alkanes) is 6. The van der Waals surface area contributed by atoms with Crippen molar-refractivity contribution in [3.63, 3.8) is 0 Å². The molecule has 0 aliphatic carbocycles. The highest BCUT2D eigenvalue weighted by Gasteiger charge is 2.26. The van der Waals surface area contributed by atoms with Gasteiger partial charge in [0.1, 0.15) is 5.60 Å². The molecule has 0 saturated heterocycles. The van der Waals surface area contributed by atoms with Gasteiger partial charge in [0.25, 0.3) is 0 Å². The fourth-order valence-electron chi connectivity index (χ4n) is 1.55. The minimum atomic E-state index is -1.32. The van der Waals surface area contributed by atoms with E-state index in [1.807, 2.05) is 0 Å². The van der Waals surface area contributed by atoms with Gasteiger partial charge in [-0.05, 0) is 13.3 Å². The zero-order valence-electron chi connectivity index (χ0n) is 10.1. The Morgan fingerprint density at radius 1 is 1.13 bits per heavy atom. The van der Waals surface area contributed by atoms with E-state index in [1.165, 1.54) is 39.0 Å². The maximum absolute atomic E-state index is 10.8. The Kier molecular flexibility index (Phi) is 7.39. The third-order valence-corrected chi connectivity index (χ3v) is 2.80. The molecule has 0 aromatic rings. The Hall–Kier alpha value is -0.570. The highest BCUT2D eigenvalue weighted by Crippen LogP contribution is 2.15. The average molecular weight is 215 g/mol. The Balaban J connectivity index is 3.35. The molecule has 0 saturated carbocycles. The van der Waals surface area contributed by atoms with Crippen LogP contribution in [0.5, 0.6) is 0 Å². The lowest BCUT2D eigenvalue weighted by Crippen LogP contribution is -2.40. The molecule has 0 bridgehead atoms. The number of aliphatic hydroxyl groups is 1. The predicted molar refractivity (Wildman–Crippen MR) is 62.4 cm³/mol. The second kappa shape index (κ2) is 7.69. The topological polar surface area (TPSA) is 63.3 Å². The summed E-state index contributed by atoms with van der Waals surface area (Å²) in [7, 11) is 0. The highest BCUT2D eigenvalue weighted by molar-refractivity contribution is 5.82. The fourth-order valence-corrected chi connectivity index (χ4v) is 1.55. The van der Waals surface area contributed by atoms with E-state index in [9.17, 15) is 9.90 Å². The predicted octanol–water partition coefficient (Wildman–Crippen LogP) is 2.36. The summed E-state index contributed by atoms with van der Waals surface area (Å²) in [6, 6.07) is 0. The molecule has 3 nitrogen and oxygen atoms in total. The van der Waals surface area contributed by atoms with Crippen molar-refractivity contribution in [2.45, 2.75) is 70.8 Å². The molecule has 1 atom stereocenters. The first-order valence-corrected chi connectivity index (χ1v) is 6.03. The molecule has 0 rings (SSSR count). The van der Waals surface area contributed by atoms with E-state index in [0.29, 0.717) is 6.42 Å². The van der Waals surface area contributed by atoms with Crippen LogP contribution in [0.3, 0.4) is 0 Å². The minimum Gasteiger partial charge on any atom is -0.380 e. The van der Waals surface area contributed by atoms with Gasteiger partial charge in [-0.2, -0.15) is 0 Å². The minimum absolute atomic E-state index is 0.482. The van der Waals surface area contributed by atoms with Crippen molar-refractivity contribution in [3.05, 3.63) is 0 Å². The number of rotatable bonds is 9. The first-order valence-electron chi connectivity index (χ1n) is 6.03. The van der Waals surface area contributed by atoms with Crippen molar-refractivity contribution in [3.8, 4) is 0 Å². The highest BCUT2D eigenvalue weighted by atomic mass is 16.3. The maximum atomic E-state index is 10.8. The molecule has 3 N–H and O–H groups in total. The molecule has 0 radical (unpaired) electrons. The van der Waals surface area contributed by atoms with Gasteiger partial charge >= 0.3 is 0 Å². The molecular formula is C12H25NO2. The largest absolute Gasteiger partial charge is 0.380 e. The average Bonchev–Trinajstić information content (AvgIpc) is 2.16. The third-order valence-electron chi connectivity index (χ3n) is 2.80. The molecule has 0 aromatic carbocycles. The summed E-state index contributed by atoms with van der Waals surface area (Å²) in [6.45, 7) is 3.69. The summed E-state index contributed by atoms with van der Waals surface area (Å²) in [5, 5.41) is 9.56. The van der Waals surface area contributed by atoms with Crippen LogP contribution in [0.2, 0.25) is 0 Å². The molecule has 15 heavy (non-hydrogen) atoms. The van der Waals surface area contributed by atoms with E-state index in [2.05, 4.69) is 6.92 Å². The summed E-state index contributed by atoms with van der Waals surface area (Å²) in [5.41, 5.74) is 3.75. The van der Waals surface area contributed by atoms with Crippen LogP contribution in [0.4, 0.5) is 0 Å². The molecular weight excluding hydrogens is 190 g/mol. The molecule has 0 unspecified atom stereocenters. The smallest absolute Gasteiger partial charge is 0.249 e. The van der Waals surface area contributed by atoms with Crippen LogP contribution in [0.1, 0.15) is 65.2 Å². The van der Waals surface area contributed by atoms with Crippen LogP contribution in [0, 0.1) is 0 Å². The summed E-state index contributed by atoms with van der Waals surface area (Å²) >= 11 is 0. The van der Waals surface area contributed by atoms with Crippen molar-refractivity contribution in [2.24, 2.45) is 5.73 Å². The van der Waals surface area contributed by atoms with Crippen molar-refractivity contribution < 1.29 is 9.90 Å². The molecule has 0 heterocycles. The Bertz CT molecular complexity index is 178. The number of amides is 1. The quantitative estimate of drug-likeness (QED) is 0.580. The summed E-state index contributed by atoms with van der Waals surface area (Å²) in [6.07, 6.45) is 8.74. The Morgan fingerprint density at radius 2 is 1.60 bits per heavy atom. The Labute approximate surface area is 93.0 Å².